The molecule has 1 aromatic carbocycles. The Morgan fingerprint density at radius 3 is 2.82 bits per heavy atom. The lowest BCUT2D eigenvalue weighted by Crippen LogP contribution is -2.36. The highest BCUT2D eigenvalue weighted by Gasteiger charge is 2.01. The molecule has 0 aliphatic carbocycles. The molecule has 1 aromatic heterocycles. The maximum absolute atomic E-state index is 5.98. The van der Waals surface area contributed by atoms with E-state index in [1.807, 2.05) is 37.4 Å². The van der Waals surface area contributed by atoms with E-state index in [0.29, 0.717) is 13.1 Å². The molecular weight excluding hydrogens is 431 g/mol. The van der Waals surface area contributed by atoms with Crippen LogP contribution in [-0.4, -0.2) is 17.5 Å². The van der Waals surface area contributed by atoms with E-state index in [-0.39, 0.29) is 24.0 Å². The van der Waals surface area contributed by atoms with Crippen LogP contribution >= 0.6 is 46.9 Å². The van der Waals surface area contributed by atoms with Crippen molar-refractivity contribution in [3.63, 3.8) is 0 Å². The van der Waals surface area contributed by atoms with Crippen molar-refractivity contribution < 1.29 is 0 Å². The van der Waals surface area contributed by atoms with Gasteiger partial charge >= 0.3 is 0 Å². The van der Waals surface area contributed by atoms with Crippen LogP contribution in [0.1, 0.15) is 22.4 Å². The summed E-state index contributed by atoms with van der Waals surface area (Å²) < 4.78 is 0. The van der Waals surface area contributed by atoms with Crippen LogP contribution < -0.4 is 10.6 Å². The van der Waals surface area contributed by atoms with Crippen LogP contribution in [0.5, 0.6) is 0 Å². The molecule has 0 spiro atoms. The number of halogens is 2. The predicted molar refractivity (Wildman–Crippen MR) is 105 cm³/mol. The van der Waals surface area contributed by atoms with E-state index in [2.05, 4.69) is 27.5 Å². The van der Waals surface area contributed by atoms with Crippen molar-refractivity contribution in [3.8, 4) is 0 Å². The number of benzene rings is 1. The summed E-state index contributed by atoms with van der Waals surface area (Å²) >= 11 is 7.67. The van der Waals surface area contributed by atoms with Gasteiger partial charge in [-0.25, -0.2) is 9.98 Å². The molecule has 0 aliphatic rings. The second-order valence-corrected chi connectivity index (χ2v) is 6.30. The van der Waals surface area contributed by atoms with Crippen molar-refractivity contribution in [3.05, 3.63) is 50.9 Å². The van der Waals surface area contributed by atoms with Crippen molar-refractivity contribution >= 4 is 52.9 Å². The normalized spacial score (nSPS) is 11.0. The van der Waals surface area contributed by atoms with Crippen molar-refractivity contribution in [2.45, 2.75) is 26.9 Å². The van der Waals surface area contributed by atoms with E-state index in [1.165, 1.54) is 4.88 Å². The minimum absolute atomic E-state index is 0. The Kier molecular flexibility index (Phi) is 8.74. The van der Waals surface area contributed by atoms with Crippen LogP contribution in [-0.2, 0) is 13.1 Å². The molecule has 2 aromatic rings. The third-order valence-corrected chi connectivity index (χ3v) is 3.88. The number of guanidine groups is 1. The molecule has 0 saturated carbocycles. The first-order valence-electron chi connectivity index (χ1n) is 6.85. The maximum atomic E-state index is 5.98. The van der Waals surface area contributed by atoms with Crippen LogP contribution in [0.3, 0.4) is 0 Å². The minimum Gasteiger partial charge on any atom is -0.357 e. The van der Waals surface area contributed by atoms with Crippen molar-refractivity contribution in [1.82, 2.24) is 15.6 Å². The van der Waals surface area contributed by atoms with Crippen LogP contribution in [0.4, 0.5) is 0 Å². The molecule has 1 heterocycles. The molecule has 0 aliphatic heterocycles. The first-order chi connectivity index (χ1) is 10.2. The third-order valence-electron chi connectivity index (χ3n) is 2.73. The van der Waals surface area contributed by atoms with E-state index in [4.69, 9.17) is 11.6 Å². The molecule has 4 nitrogen and oxygen atoms in total. The van der Waals surface area contributed by atoms with Crippen LogP contribution in [0.15, 0.2) is 35.5 Å². The van der Waals surface area contributed by atoms with Gasteiger partial charge in [-0.2, -0.15) is 0 Å². The van der Waals surface area contributed by atoms with Gasteiger partial charge in [0.1, 0.15) is 5.01 Å². The zero-order chi connectivity index (χ0) is 15.1. The predicted octanol–water partition coefficient (Wildman–Crippen LogP) is 3.98. The van der Waals surface area contributed by atoms with Crippen molar-refractivity contribution in [2.75, 3.05) is 6.54 Å². The Morgan fingerprint density at radius 1 is 1.36 bits per heavy atom. The number of rotatable bonds is 5. The number of hydrogen-bond donors (Lipinski definition) is 2. The topological polar surface area (TPSA) is 49.3 Å². The van der Waals surface area contributed by atoms with Crippen LogP contribution in [0, 0.1) is 6.92 Å². The molecule has 7 heteroatoms. The average molecular weight is 451 g/mol. The molecule has 0 fully saturated rings. The lowest BCUT2D eigenvalue weighted by Gasteiger charge is -2.10. The quantitative estimate of drug-likeness (QED) is 0.412. The highest BCUT2D eigenvalue weighted by atomic mass is 127. The fourth-order valence-corrected chi connectivity index (χ4v) is 2.73. The highest BCUT2D eigenvalue weighted by molar-refractivity contribution is 14.0. The zero-order valence-corrected chi connectivity index (χ0v) is 16.5. The number of hydrogen-bond acceptors (Lipinski definition) is 3. The summed E-state index contributed by atoms with van der Waals surface area (Å²) in [4.78, 5) is 10.1. The highest BCUT2D eigenvalue weighted by Crippen LogP contribution is 2.12. The first kappa shape index (κ1) is 19.2. The van der Waals surface area contributed by atoms with E-state index in [0.717, 1.165) is 28.1 Å². The standard InChI is InChI=1S/C15H19ClN4S.HI/c1-3-17-15(20-10-14-18-8-11(2)21-14)19-9-12-5-4-6-13(16)7-12;/h4-8H,3,9-10H2,1-2H3,(H2,17,19,20);1H. The van der Waals surface area contributed by atoms with Crippen molar-refractivity contribution in [2.24, 2.45) is 4.99 Å². The number of nitrogens with zero attached hydrogens (tertiary/aromatic N) is 2. The molecule has 0 radical (unpaired) electrons. The van der Waals surface area contributed by atoms with E-state index in [9.17, 15) is 0 Å². The van der Waals surface area contributed by atoms with Gasteiger partial charge in [-0.3, -0.25) is 0 Å². The van der Waals surface area contributed by atoms with E-state index in [1.54, 1.807) is 11.3 Å². The summed E-state index contributed by atoms with van der Waals surface area (Å²) in [6.45, 7) is 6.19. The second kappa shape index (κ2) is 10.0. The summed E-state index contributed by atoms with van der Waals surface area (Å²) in [5, 5.41) is 8.31. The van der Waals surface area contributed by atoms with E-state index >= 15 is 0 Å². The summed E-state index contributed by atoms with van der Waals surface area (Å²) in [5.41, 5.74) is 1.09. The maximum Gasteiger partial charge on any atom is 0.191 e. The van der Waals surface area contributed by atoms with Crippen LogP contribution in [0.25, 0.3) is 0 Å². The fourth-order valence-electron chi connectivity index (χ4n) is 1.79. The second-order valence-electron chi connectivity index (χ2n) is 4.54. The van der Waals surface area contributed by atoms with Gasteiger partial charge in [0.25, 0.3) is 0 Å². The summed E-state index contributed by atoms with van der Waals surface area (Å²) in [6.07, 6.45) is 1.89. The smallest absolute Gasteiger partial charge is 0.191 e. The van der Waals surface area contributed by atoms with Gasteiger partial charge in [-0.1, -0.05) is 23.7 Å². The molecule has 0 amide bonds. The largest absolute Gasteiger partial charge is 0.357 e. The molecule has 2 N–H and O–H groups in total. The van der Waals surface area contributed by atoms with Gasteiger partial charge in [-0.15, -0.1) is 35.3 Å². The molecule has 0 saturated heterocycles. The summed E-state index contributed by atoms with van der Waals surface area (Å²) in [6, 6.07) is 7.75. The van der Waals surface area contributed by atoms with Gasteiger partial charge in [0.15, 0.2) is 5.96 Å². The SMILES string of the molecule is CCNC(=NCc1cccc(Cl)c1)NCc1ncc(C)s1.I. The molecule has 0 atom stereocenters. The zero-order valence-electron chi connectivity index (χ0n) is 12.6. The molecule has 120 valence electrons. The van der Waals surface area contributed by atoms with Crippen molar-refractivity contribution in [1.29, 1.82) is 0 Å². The Bertz CT molecular complexity index is 615. The first-order valence-corrected chi connectivity index (χ1v) is 8.04. The number of thiazole rings is 1. The van der Waals surface area contributed by atoms with Gasteiger partial charge in [0.2, 0.25) is 0 Å². The number of aryl methyl sites for hydroxylation is 1. The van der Waals surface area contributed by atoms with Crippen LogP contribution in [0.2, 0.25) is 5.02 Å². The van der Waals surface area contributed by atoms with Gasteiger partial charge < -0.3 is 10.6 Å². The third kappa shape index (κ3) is 6.50. The molecular formula is C15H20ClIN4S. The van der Waals surface area contributed by atoms with E-state index < -0.39 is 0 Å². The molecule has 2 rings (SSSR count). The molecule has 0 bridgehead atoms. The Hall–Kier alpha value is -0.860. The fraction of sp³-hybridized carbons (Fsp3) is 0.333. The van der Waals surface area contributed by atoms with Gasteiger partial charge in [0, 0.05) is 22.6 Å². The van der Waals surface area contributed by atoms with Gasteiger partial charge in [0.05, 0.1) is 13.1 Å². The summed E-state index contributed by atoms with van der Waals surface area (Å²) in [7, 11) is 0. The lowest BCUT2D eigenvalue weighted by molar-refractivity contribution is 0.811. The number of aliphatic imine (C=N–C) groups is 1. The average Bonchev–Trinajstić information content (AvgIpc) is 2.88. The number of nitrogens with one attached hydrogen (secondary N) is 2. The number of aromatic nitrogens is 1. The molecule has 22 heavy (non-hydrogen) atoms. The monoisotopic (exact) mass is 450 g/mol. The Labute approximate surface area is 157 Å². The summed E-state index contributed by atoms with van der Waals surface area (Å²) in [5.74, 6) is 0.783. The molecule has 0 unspecified atom stereocenters. The minimum atomic E-state index is 0. The van der Waals surface area contributed by atoms with Gasteiger partial charge in [-0.05, 0) is 31.5 Å². The Balaban J connectivity index is 0.00000242. The Morgan fingerprint density at radius 2 is 2.18 bits per heavy atom. The lowest BCUT2D eigenvalue weighted by atomic mass is 10.2.